The normalized spacial score (nSPS) is 16.1. The van der Waals surface area contributed by atoms with E-state index < -0.39 is 5.03 Å². The van der Waals surface area contributed by atoms with Crippen LogP contribution in [0.3, 0.4) is 0 Å². The van der Waals surface area contributed by atoms with Crippen molar-refractivity contribution in [2.45, 2.75) is 6.54 Å². The third kappa shape index (κ3) is 5.34. The number of anilines is 1. The lowest BCUT2D eigenvalue weighted by atomic mass is 10.2. The van der Waals surface area contributed by atoms with E-state index in [0.717, 1.165) is 10.6 Å². The van der Waals surface area contributed by atoms with Gasteiger partial charge in [-0.3, -0.25) is 10.2 Å². The minimum absolute atomic E-state index is 0.185. The lowest BCUT2D eigenvalue weighted by Crippen LogP contribution is -2.61. The van der Waals surface area contributed by atoms with E-state index in [1.165, 1.54) is 11.3 Å². The van der Waals surface area contributed by atoms with Crippen molar-refractivity contribution in [2.24, 2.45) is 5.10 Å². The zero-order chi connectivity index (χ0) is 21.8. The Labute approximate surface area is 182 Å². The molecule has 1 aliphatic heterocycles. The van der Waals surface area contributed by atoms with Gasteiger partial charge in [0.2, 0.25) is 0 Å². The molecule has 1 saturated heterocycles. The fourth-order valence-electron chi connectivity index (χ4n) is 2.96. The molecule has 30 heavy (non-hydrogen) atoms. The number of nitrogens with zero attached hydrogens (tertiary/aromatic N) is 7. The number of hydrazone groups is 1. The van der Waals surface area contributed by atoms with Gasteiger partial charge in [0, 0.05) is 43.5 Å². The Bertz CT molecular complexity index is 966. The Hall–Kier alpha value is -2.96. The molecule has 3 rings (SSSR count). The number of nitrogens with one attached hydrogen (secondary N) is 1. The summed E-state index contributed by atoms with van der Waals surface area (Å²) in [6, 6.07) is 7.24. The van der Waals surface area contributed by atoms with E-state index in [0.29, 0.717) is 16.6 Å². The average molecular weight is 453 g/mol. The smallest absolute Gasteiger partial charge is 0.276 e. The van der Waals surface area contributed by atoms with E-state index in [1.54, 1.807) is 40.2 Å². The van der Waals surface area contributed by atoms with E-state index in [-0.39, 0.29) is 25.2 Å². The molecule has 0 saturated carbocycles. The number of rotatable bonds is 6. The monoisotopic (exact) mass is 452 g/mol. The third-order valence-electron chi connectivity index (χ3n) is 4.28. The molecule has 1 aromatic heterocycles. The molecule has 0 aliphatic carbocycles. The number of benzene rings is 1. The average Bonchev–Trinajstić information content (AvgIpc) is 3.09. The molecule has 0 bridgehead atoms. The predicted molar refractivity (Wildman–Crippen MR) is 115 cm³/mol. The highest BCUT2D eigenvalue weighted by molar-refractivity contribution is 7.15. The molecule has 2 aromatic rings. The van der Waals surface area contributed by atoms with Crippen molar-refractivity contribution in [3.8, 4) is 0 Å². The van der Waals surface area contributed by atoms with Gasteiger partial charge in [-0.1, -0.05) is 17.7 Å². The first-order valence-corrected chi connectivity index (χ1v) is 10.0. The zero-order valence-electron chi connectivity index (χ0n) is 16.6. The molecule has 160 valence electrons. The van der Waals surface area contributed by atoms with Gasteiger partial charge in [0.1, 0.15) is 5.10 Å². The van der Waals surface area contributed by atoms with Crippen molar-refractivity contribution in [1.82, 2.24) is 25.2 Å². The molecule has 0 radical (unpaired) electrons. The molecule has 0 unspecified atom stereocenters. The first-order chi connectivity index (χ1) is 14.2. The Morgan fingerprint density at radius 1 is 1.43 bits per heavy atom. The molecule has 1 fully saturated rings. The fourth-order valence-corrected chi connectivity index (χ4v) is 3.95. The van der Waals surface area contributed by atoms with Crippen molar-refractivity contribution in [3.05, 3.63) is 55.5 Å². The first-order valence-electron chi connectivity index (χ1n) is 8.85. The van der Waals surface area contributed by atoms with E-state index in [9.17, 15) is 14.9 Å². The summed E-state index contributed by atoms with van der Waals surface area (Å²) in [5.41, 5.74) is 4.27. The standard InChI is InChI=1S/C17H21ClN8O3S/c1-22(2)13-6-4-5-12(7-13)15(27)20-25-10-23(3)17(21-26(28)29)24(11-25)9-14-8-19-16(18)30-14/h4-8H,9-11H2,1-3H3,(H,20,27)/b21-17+. The summed E-state index contributed by atoms with van der Waals surface area (Å²) in [5, 5.41) is 15.4. The number of carbonyl (C=O) groups excluding carboxylic acids is 1. The van der Waals surface area contributed by atoms with Gasteiger partial charge in [-0.05, 0) is 18.2 Å². The van der Waals surface area contributed by atoms with Gasteiger partial charge in [-0.2, -0.15) is 5.01 Å². The number of hydrazine groups is 1. The molecule has 1 aromatic carbocycles. The number of nitro groups is 1. The van der Waals surface area contributed by atoms with Crippen molar-refractivity contribution < 1.29 is 9.83 Å². The van der Waals surface area contributed by atoms with Crippen LogP contribution in [0.5, 0.6) is 0 Å². The Morgan fingerprint density at radius 2 is 2.20 bits per heavy atom. The highest BCUT2D eigenvalue weighted by atomic mass is 35.5. The van der Waals surface area contributed by atoms with Crippen LogP contribution in [-0.4, -0.2) is 71.2 Å². The largest absolute Gasteiger partial charge is 0.378 e. The zero-order valence-corrected chi connectivity index (χ0v) is 18.2. The first kappa shape index (κ1) is 21.7. The molecule has 13 heteroatoms. The molecular formula is C17H21ClN8O3S. The van der Waals surface area contributed by atoms with Crippen molar-refractivity contribution in [2.75, 3.05) is 39.4 Å². The van der Waals surface area contributed by atoms with Crippen molar-refractivity contribution >= 4 is 40.5 Å². The van der Waals surface area contributed by atoms with Crippen LogP contribution < -0.4 is 10.3 Å². The molecular weight excluding hydrogens is 432 g/mol. The van der Waals surface area contributed by atoms with Gasteiger partial charge in [0.15, 0.2) is 9.50 Å². The quantitative estimate of drug-likeness (QED) is 0.521. The van der Waals surface area contributed by atoms with Crippen LogP contribution in [0.25, 0.3) is 0 Å². The maximum atomic E-state index is 12.7. The molecule has 1 amide bonds. The molecule has 1 aliphatic rings. The topological polar surface area (TPSA) is 110 Å². The summed E-state index contributed by atoms with van der Waals surface area (Å²) in [6.45, 7) is 0.737. The second-order valence-electron chi connectivity index (χ2n) is 6.82. The minimum Gasteiger partial charge on any atom is -0.378 e. The molecule has 1 N–H and O–H groups in total. The summed E-state index contributed by atoms with van der Waals surface area (Å²) in [5.74, 6) is -0.0906. The van der Waals surface area contributed by atoms with Gasteiger partial charge in [-0.15, -0.1) is 11.3 Å². The molecule has 11 nitrogen and oxygen atoms in total. The van der Waals surface area contributed by atoms with Crippen LogP contribution in [0, 0.1) is 10.1 Å². The van der Waals surface area contributed by atoms with Crippen LogP contribution in [-0.2, 0) is 6.54 Å². The van der Waals surface area contributed by atoms with Gasteiger partial charge < -0.3 is 14.7 Å². The van der Waals surface area contributed by atoms with Crippen molar-refractivity contribution in [1.29, 1.82) is 0 Å². The number of thiazole rings is 1. The minimum atomic E-state index is -0.737. The summed E-state index contributed by atoms with van der Waals surface area (Å²) in [7, 11) is 5.46. The highest BCUT2D eigenvalue weighted by Gasteiger charge is 2.30. The van der Waals surface area contributed by atoms with Crippen LogP contribution >= 0.6 is 22.9 Å². The van der Waals surface area contributed by atoms with Gasteiger partial charge in [0.05, 0.1) is 19.9 Å². The summed E-state index contributed by atoms with van der Waals surface area (Å²) in [6.07, 6.45) is 1.61. The van der Waals surface area contributed by atoms with Gasteiger partial charge >= 0.3 is 0 Å². The maximum Gasteiger partial charge on any atom is 0.276 e. The predicted octanol–water partition coefficient (Wildman–Crippen LogP) is 1.72. The Kier molecular flexibility index (Phi) is 6.70. The highest BCUT2D eigenvalue weighted by Crippen LogP contribution is 2.21. The Balaban J connectivity index is 1.77. The van der Waals surface area contributed by atoms with E-state index >= 15 is 0 Å². The summed E-state index contributed by atoms with van der Waals surface area (Å²) < 4.78 is 0.383. The lowest BCUT2D eigenvalue weighted by Gasteiger charge is -2.41. The van der Waals surface area contributed by atoms with Crippen LogP contribution in [0.4, 0.5) is 5.69 Å². The van der Waals surface area contributed by atoms with Crippen LogP contribution in [0.15, 0.2) is 35.6 Å². The summed E-state index contributed by atoms with van der Waals surface area (Å²) in [4.78, 5) is 33.7. The van der Waals surface area contributed by atoms with Gasteiger partial charge in [-0.25, -0.2) is 15.1 Å². The molecule has 0 atom stereocenters. The number of guanidine groups is 1. The second-order valence-corrected chi connectivity index (χ2v) is 8.52. The van der Waals surface area contributed by atoms with Gasteiger partial charge in [0.25, 0.3) is 11.9 Å². The molecule has 0 spiro atoms. The SMILES string of the molecule is CN1CN(NC(=O)c2cccc(N(C)C)c2)CN(Cc2cnc(Cl)s2)/C1=N/[N+](=O)[O-]. The Morgan fingerprint density at radius 3 is 2.83 bits per heavy atom. The van der Waals surface area contributed by atoms with Crippen molar-refractivity contribution in [3.63, 3.8) is 0 Å². The van der Waals surface area contributed by atoms with E-state index in [4.69, 9.17) is 11.6 Å². The van der Waals surface area contributed by atoms with E-state index in [1.807, 2.05) is 31.1 Å². The van der Waals surface area contributed by atoms with E-state index in [2.05, 4.69) is 15.5 Å². The number of carbonyl (C=O) groups is 1. The van der Waals surface area contributed by atoms with Crippen LogP contribution in [0.1, 0.15) is 15.2 Å². The maximum absolute atomic E-state index is 12.7. The number of hydrogen-bond acceptors (Lipinski definition) is 7. The summed E-state index contributed by atoms with van der Waals surface area (Å²) >= 11 is 7.18. The number of aromatic nitrogens is 1. The second kappa shape index (κ2) is 9.24. The number of hydrogen-bond donors (Lipinski definition) is 1. The van der Waals surface area contributed by atoms with Crippen LogP contribution in [0.2, 0.25) is 4.47 Å². The fraction of sp³-hybridized carbons (Fsp3) is 0.353. The number of amides is 1. The molecule has 2 heterocycles. The third-order valence-corrected chi connectivity index (χ3v) is 5.38. The lowest BCUT2D eigenvalue weighted by molar-refractivity contribution is -0.486. The number of halogens is 1.